The Labute approximate surface area is 124 Å². The fourth-order valence-corrected chi connectivity index (χ4v) is 2.06. The maximum atomic E-state index is 13.2. The molecule has 2 aromatic rings. The summed E-state index contributed by atoms with van der Waals surface area (Å²) in [7, 11) is 0. The Morgan fingerprint density at radius 1 is 1.14 bits per heavy atom. The first-order valence-electron chi connectivity index (χ1n) is 6.98. The van der Waals surface area contributed by atoms with Crippen molar-refractivity contribution >= 4 is 5.69 Å². The van der Waals surface area contributed by atoms with Gasteiger partial charge in [-0.1, -0.05) is 18.2 Å². The van der Waals surface area contributed by atoms with Gasteiger partial charge in [0.2, 0.25) is 0 Å². The summed E-state index contributed by atoms with van der Waals surface area (Å²) in [5.74, 6) is 0.480. The van der Waals surface area contributed by atoms with Crippen molar-refractivity contribution in [2.45, 2.75) is 26.0 Å². The number of ether oxygens (including phenoxy) is 1. The van der Waals surface area contributed by atoms with E-state index in [4.69, 9.17) is 4.74 Å². The van der Waals surface area contributed by atoms with Crippen molar-refractivity contribution in [1.82, 2.24) is 0 Å². The molecule has 0 aliphatic heterocycles. The van der Waals surface area contributed by atoms with Crippen LogP contribution in [-0.2, 0) is 0 Å². The van der Waals surface area contributed by atoms with E-state index in [1.54, 1.807) is 12.1 Å². The minimum atomic E-state index is -0.308. The Morgan fingerprint density at radius 3 is 2.43 bits per heavy atom. The van der Waals surface area contributed by atoms with Gasteiger partial charge in [-0.15, -0.1) is 0 Å². The van der Waals surface area contributed by atoms with Crippen LogP contribution in [0.1, 0.15) is 25.5 Å². The lowest BCUT2D eigenvalue weighted by molar-refractivity contribution is 0.242. The molecule has 2 N–H and O–H groups in total. The highest BCUT2D eigenvalue weighted by Crippen LogP contribution is 2.22. The van der Waals surface area contributed by atoms with Gasteiger partial charge in [-0.2, -0.15) is 0 Å². The third kappa shape index (κ3) is 4.46. The topological polar surface area (TPSA) is 41.5 Å². The predicted molar refractivity (Wildman–Crippen MR) is 82.1 cm³/mol. The second-order valence-corrected chi connectivity index (χ2v) is 5.13. The lowest BCUT2D eigenvalue weighted by atomic mass is 10.1. The molecule has 112 valence electrons. The van der Waals surface area contributed by atoms with Crippen molar-refractivity contribution in [3.05, 3.63) is 59.9 Å². The van der Waals surface area contributed by atoms with Crippen molar-refractivity contribution < 1.29 is 14.2 Å². The molecule has 0 aliphatic carbocycles. The summed E-state index contributed by atoms with van der Waals surface area (Å²) in [5, 5.41) is 12.7. The van der Waals surface area contributed by atoms with Crippen LogP contribution < -0.4 is 10.1 Å². The molecule has 0 saturated heterocycles. The summed E-state index contributed by atoms with van der Waals surface area (Å²) in [5.41, 5.74) is 1.55. The van der Waals surface area contributed by atoms with E-state index in [1.165, 1.54) is 12.1 Å². The van der Waals surface area contributed by atoms with E-state index >= 15 is 0 Å². The summed E-state index contributed by atoms with van der Waals surface area (Å²) in [6, 6.07) is 13.4. The van der Waals surface area contributed by atoms with Crippen LogP contribution in [0.3, 0.4) is 0 Å². The Balaban J connectivity index is 2.10. The van der Waals surface area contributed by atoms with Crippen molar-refractivity contribution in [2.75, 3.05) is 11.9 Å². The van der Waals surface area contributed by atoms with Crippen molar-refractivity contribution in [3.63, 3.8) is 0 Å². The standard InChI is InChI=1S/C17H20FNO2/c1-12(2)21-16-8-6-13(7-9-16)17(11-20)19-15-5-3-4-14(18)10-15/h3-10,12,17,19-20H,11H2,1-2H3. The van der Waals surface area contributed by atoms with Crippen LogP contribution in [0.5, 0.6) is 5.75 Å². The zero-order valence-electron chi connectivity index (χ0n) is 12.2. The van der Waals surface area contributed by atoms with Gasteiger partial charge >= 0.3 is 0 Å². The SMILES string of the molecule is CC(C)Oc1ccc(C(CO)Nc2cccc(F)c2)cc1. The van der Waals surface area contributed by atoms with Crippen LogP contribution in [0.15, 0.2) is 48.5 Å². The number of anilines is 1. The molecule has 0 aliphatic rings. The summed E-state index contributed by atoms with van der Waals surface area (Å²) in [4.78, 5) is 0. The smallest absolute Gasteiger partial charge is 0.125 e. The first-order chi connectivity index (χ1) is 10.1. The molecule has 21 heavy (non-hydrogen) atoms. The van der Waals surface area contributed by atoms with Gasteiger partial charge in [0.25, 0.3) is 0 Å². The van der Waals surface area contributed by atoms with Crippen LogP contribution in [0.25, 0.3) is 0 Å². The molecule has 4 heteroatoms. The summed E-state index contributed by atoms with van der Waals surface area (Å²) >= 11 is 0. The van der Waals surface area contributed by atoms with Gasteiger partial charge in [0, 0.05) is 5.69 Å². The third-order valence-corrected chi connectivity index (χ3v) is 3.00. The Kier molecular flexibility index (Phi) is 5.17. The molecule has 0 heterocycles. The van der Waals surface area contributed by atoms with Crippen molar-refractivity contribution in [1.29, 1.82) is 0 Å². The minimum Gasteiger partial charge on any atom is -0.491 e. The highest BCUT2D eigenvalue weighted by molar-refractivity contribution is 5.46. The maximum Gasteiger partial charge on any atom is 0.125 e. The highest BCUT2D eigenvalue weighted by atomic mass is 19.1. The maximum absolute atomic E-state index is 13.2. The zero-order chi connectivity index (χ0) is 15.2. The zero-order valence-corrected chi connectivity index (χ0v) is 12.2. The molecule has 0 amide bonds. The van der Waals surface area contributed by atoms with E-state index in [0.29, 0.717) is 5.69 Å². The van der Waals surface area contributed by atoms with Crippen LogP contribution >= 0.6 is 0 Å². The lowest BCUT2D eigenvalue weighted by Gasteiger charge is -2.19. The van der Waals surface area contributed by atoms with Crippen LogP contribution in [0.4, 0.5) is 10.1 Å². The number of benzene rings is 2. The molecule has 0 bridgehead atoms. The molecule has 0 saturated carbocycles. The molecule has 0 fully saturated rings. The fourth-order valence-electron chi connectivity index (χ4n) is 2.06. The van der Waals surface area contributed by atoms with Gasteiger partial charge in [0.15, 0.2) is 0 Å². The number of hydrogen-bond acceptors (Lipinski definition) is 3. The monoisotopic (exact) mass is 289 g/mol. The fraction of sp³-hybridized carbons (Fsp3) is 0.294. The molecule has 1 atom stereocenters. The summed E-state index contributed by atoms with van der Waals surface area (Å²) in [6.07, 6.45) is 0.120. The first kappa shape index (κ1) is 15.3. The average molecular weight is 289 g/mol. The molecule has 2 rings (SSSR count). The summed E-state index contributed by atoms with van der Waals surface area (Å²) in [6.45, 7) is 3.85. The van der Waals surface area contributed by atoms with E-state index < -0.39 is 0 Å². The van der Waals surface area contributed by atoms with E-state index in [9.17, 15) is 9.50 Å². The van der Waals surface area contributed by atoms with Gasteiger partial charge in [-0.3, -0.25) is 0 Å². The Hall–Kier alpha value is -2.07. The van der Waals surface area contributed by atoms with E-state index in [0.717, 1.165) is 11.3 Å². The predicted octanol–water partition coefficient (Wildman–Crippen LogP) is 3.76. The second kappa shape index (κ2) is 7.09. The van der Waals surface area contributed by atoms with Gasteiger partial charge in [-0.05, 0) is 49.7 Å². The Bertz CT molecular complexity index is 569. The molecular formula is C17H20FNO2. The van der Waals surface area contributed by atoms with Crippen LogP contribution in [0.2, 0.25) is 0 Å². The Morgan fingerprint density at radius 2 is 1.86 bits per heavy atom. The normalized spacial score (nSPS) is 12.2. The van der Waals surface area contributed by atoms with Crippen molar-refractivity contribution in [3.8, 4) is 5.75 Å². The molecule has 2 aromatic carbocycles. The van der Waals surface area contributed by atoms with E-state index in [-0.39, 0.29) is 24.6 Å². The van der Waals surface area contributed by atoms with Crippen LogP contribution in [-0.4, -0.2) is 17.8 Å². The molecule has 3 nitrogen and oxygen atoms in total. The first-order valence-corrected chi connectivity index (χ1v) is 6.98. The summed E-state index contributed by atoms with van der Waals surface area (Å²) < 4.78 is 18.8. The van der Waals surface area contributed by atoms with Crippen LogP contribution in [0, 0.1) is 5.82 Å². The van der Waals surface area contributed by atoms with Gasteiger partial charge in [0.1, 0.15) is 11.6 Å². The second-order valence-electron chi connectivity index (χ2n) is 5.13. The third-order valence-electron chi connectivity index (χ3n) is 3.00. The molecular weight excluding hydrogens is 269 g/mol. The molecule has 0 radical (unpaired) electrons. The quantitative estimate of drug-likeness (QED) is 0.851. The number of halogens is 1. The van der Waals surface area contributed by atoms with Gasteiger partial charge < -0.3 is 15.2 Å². The largest absolute Gasteiger partial charge is 0.491 e. The van der Waals surface area contributed by atoms with Gasteiger partial charge in [-0.25, -0.2) is 4.39 Å². The number of rotatable bonds is 6. The van der Waals surface area contributed by atoms with Crippen molar-refractivity contribution in [2.24, 2.45) is 0 Å². The number of hydrogen-bond donors (Lipinski definition) is 2. The number of aliphatic hydroxyl groups is 1. The molecule has 0 spiro atoms. The molecule has 0 aromatic heterocycles. The van der Waals surface area contributed by atoms with Gasteiger partial charge in [0.05, 0.1) is 18.8 Å². The highest BCUT2D eigenvalue weighted by Gasteiger charge is 2.11. The average Bonchev–Trinajstić information content (AvgIpc) is 2.45. The van der Waals surface area contributed by atoms with E-state index in [2.05, 4.69) is 5.32 Å². The lowest BCUT2D eigenvalue weighted by Crippen LogP contribution is -2.15. The minimum absolute atomic E-state index is 0.0824. The molecule has 1 unspecified atom stereocenters. The number of nitrogens with one attached hydrogen (secondary N) is 1. The van der Waals surface area contributed by atoms with E-state index in [1.807, 2.05) is 38.1 Å². The number of aliphatic hydroxyl groups excluding tert-OH is 1.